The average molecular weight is 460 g/mol. The van der Waals surface area contributed by atoms with E-state index in [1.807, 2.05) is 24.3 Å². The summed E-state index contributed by atoms with van der Waals surface area (Å²) < 4.78 is 32.9. The zero-order chi connectivity index (χ0) is 22.6. The maximum atomic E-state index is 12.5. The number of thiazole rings is 1. The summed E-state index contributed by atoms with van der Waals surface area (Å²) in [5, 5.41) is 4.70. The van der Waals surface area contributed by atoms with Crippen molar-refractivity contribution < 1.29 is 17.9 Å². The van der Waals surface area contributed by atoms with E-state index in [-0.39, 0.29) is 16.2 Å². The molecular formula is C22H25N3O4S2. The van der Waals surface area contributed by atoms with Gasteiger partial charge in [0.05, 0.1) is 4.90 Å². The van der Waals surface area contributed by atoms with Gasteiger partial charge in [-0.3, -0.25) is 9.52 Å². The van der Waals surface area contributed by atoms with E-state index in [4.69, 9.17) is 4.74 Å². The number of benzene rings is 2. The maximum Gasteiger partial charge on any atom is 0.265 e. The zero-order valence-electron chi connectivity index (χ0n) is 17.7. The van der Waals surface area contributed by atoms with Crippen molar-refractivity contribution in [1.29, 1.82) is 0 Å². The molecule has 0 fully saturated rings. The van der Waals surface area contributed by atoms with Crippen LogP contribution in [0, 0.1) is 0 Å². The van der Waals surface area contributed by atoms with Crippen LogP contribution in [0.4, 0.5) is 10.8 Å². The van der Waals surface area contributed by atoms with Crippen LogP contribution in [0.15, 0.2) is 65.0 Å². The summed E-state index contributed by atoms with van der Waals surface area (Å²) in [5.41, 5.74) is 1.69. The lowest BCUT2D eigenvalue weighted by atomic mass is 9.87. The van der Waals surface area contributed by atoms with Crippen molar-refractivity contribution in [2.45, 2.75) is 44.1 Å². The molecule has 2 N–H and O–H groups in total. The molecular weight excluding hydrogens is 434 g/mol. The van der Waals surface area contributed by atoms with E-state index in [0.717, 1.165) is 0 Å². The fourth-order valence-corrected chi connectivity index (χ4v) is 4.49. The van der Waals surface area contributed by atoms with Gasteiger partial charge in [-0.25, -0.2) is 13.4 Å². The van der Waals surface area contributed by atoms with Gasteiger partial charge in [-0.1, -0.05) is 32.9 Å². The van der Waals surface area contributed by atoms with E-state index in [1.54, 1.807) is 12.3 Å². The molecule has 0 spiro atoms. The van der Waals surface area contributed by atoms with E-state index in [9.17, 15) is 13.2 Å². The molecule has 1 aromatic heterocycles. The number of carbonyl (C=O) groups is 1. The Bertz CT molecular complexity index is 1120. The van der Waals surface area contributed by atoms with Gasteiger partial charge in [0.25, 0.3) is 15.9 Å². The summed E-state index contributed by atoms with van der Waals surface area (Å²) in [6, 6.07) is 13.6. The molecule has 3 rings (SSSR count). The molecule has 2 aromatic carbocycles. The molecule has 0 bridgehead atoms. The first-order valence-corrected chi connectivity index (χ1v) is 12.0. The van der Waals surface area contributed by atoms with Crippen LogP contribution in [0.1, 0.15) is 33.3 Å². The Kier molecular flexibility index (Phi) is 6.66. The molecule has 1 heterocycles. The Morgan fingerprint density at radius 2 is 1.71 bits per heavy atom. The van der Waals surface area contributed by atoms with E-state index in [2.05, 4.69) is 35.8 Å². The van der Waals surface area contributed by atoms with Crippen molar-refractivity contribution in [3.05, 3.63) is 65.7 Å². The van der Waals surface area contributed by atoms with Crippen LogP contribution >= 0.6 is 11.3 Å². The summed E-state index contributed by atoms with van der Waals surface area (Å²) in [6.07, 6.45) is 0.791. The molecule has 0 unspecified atom stereocenters. The molecule has 0 saturated heterocycles. The summed E-state index contributed by atoms with van der Waals surface area (Å²) >= 11 is 1.19. The normalized spacial score (nSPS) is 12.8. The first-order valence-electron chi connectivity index (χ1n) is 9.65. The van der Waals surface area contributed by atoms with Gasteiger partial charge in [-0.2, -0.15) is 0 Å². The standard InChI is InChI=1S/C22H25N3O4S2/c1-15(29-18-9-5-16(6-10-18)22(2,3)4)20(26)24-17-7-11-19(12-8-17)31(27,28)25-21-23-13-14-30-21/h5-15H,1-4H3,(H,23,25)(H,24,26)/t15-/m1/s1. The van der Waals surface area contributed by atoms with Gasteiger partial charge in [0.1, 0.15) is 5.75 Å². The highest BCUT2D eigenvalue weighted by Gasteiger charge is 2.18. The number of carbonyl (C=O) groups excluding carboxylic acids is 1. The second-order valence-corrected chi connectivity index (χ2v) is 10.6. The fraction of sp³-hybridized carbons (Fsp3) is 0.273. The lowest BCUT2D eigenvalue weighted by molar-refractivity contribution is -0.122. The average Bonchev–Trinajstić information content (AvgIpc) is 3.20. The molecule has 31 heavy (non-hydrogen) atoms. The first-order chi connectivity index (χ1) is 14.5. The first kappa shape index (κ1) is 22.8. The minimum atomic E-state index is -3.74. The smallest absolute Gasteiger partial charge is 0.265 e. The van der Waals surface area contributed by atoms with E-state index >= 15 is 0 Å². The van der Waals surface area contributed by atoms with Crippen LogP contribution in [0.3, 0.4) is 0 Å². The number of hydrogen-bond donors (Lipinski definition) is 2. The highest BCUT2D eigenvalue weighted by molar-refractivity contribution is 7.93. The summed E-state index contributed by atoms with van der Waals surface area (Å²) in [7, 11) is -3.74. The third-order valence-electron chi connectivity index (χ3n) is 4.49. The fourth-order valence-electron chi connectivity index (χ4n) is 2.70. The Hall–Kier alpha value is -2.91. The van der Waals surface area contributed by atoms with Crippen LogP contribution in [-0.2, 0) is 20.2 Å². The summed E-state index contributed by atoms with van der Waals surface area (Å²) in [6.45, 7) is 8.05. The summed E-state index contributed by atoms with van der Waals surface area (Å²) in [5.74, 6) is 0.266. The van der Waals surface area contributed by atoms with Crippen molar-refractivity contribution >= 4 is 38.1 Å². The third-order valence-corrected chi connectivity index (χ3v) is 6.66. The minimum Gasteiger partial charge on any atom is -0.481 e. The number of anilines is 2. The number of sulfonamides is 1. The Labute approximate surface area is 186 Å². The lowest BCUT2D eigenvalue weighted by Gasteiger charge is -2.20. The van der Waals surface area contributed by atoms with E-state index in [1.165, 1.54) is 47.4 Å². The van der Waals surface area contributed by atoms with Gasteiger partial charge in [0, 0.05) is 17.3 Å². The molecule has 0 aliphatic carbocycles. The van der Waals surface area contributed by atoms with Gasteiger partial charge in [0.2, 0.25) is 0 Å². The molecule has 164 valence electrons. The van der Waals surface area contributed by atoms with Gasteiger partial charge in [-0.15, -0.1) is 11.3 Å². The number of amides is 1. The maximum absolute atomic E-state index is 12.5. The number of nitrogens with zero attached hydrogens (tertiary/aromatic N) is 1. The van der Waals surface area contributed by atoms with Gasteiger partial charge in [0.15, 0.2) is 11.2 Å². The van der Waals surface area contributed by atoms with Crippen LogP contribution < -0.4 is 14.8 Å². The Balaban J connectivity index is 1.59. The van der Waals surface area contributed by atoms with Crippen LogP contribution in [-0.4, -0.2) is 25.4 Å². The van der Waals surface area contributed by atoms with E-state index in [0.29, 0.717) is 16.6 Å². The van der Waals surface area contributed by atoms with Gasteiger partial charge in [-0.05, 0) is 54.3 Å². The summed E-state index contributed by atoms with van der Waals surface area (Å²) in [4.78, 5) is 16.4. The Morgan fingerprint density at radius 1 is 1.06 bits per heavy atom. The molecule has 0 radical (unpaired) electrons. The van der Waals surface area contributed by atoms with Gasteiger partial charge >= 0.3 is 0 Å². The predicted octanol–water partition coefficient (Wildman–Crippen LogP) is 4.65. The van der Waals surface area contributed by atoms with Crippen molar-refractivity contribution in [2.24, 2.45) is 0 Å². The Morgan fingerprint density at radius 3 is 2.26 bits per heavy atom. The molecule has 1 atom stereocenters. The third kappa shape index (κ3) is 6.05. The van der Waals surface area contributed by atoms with Crippen LogP contribution in [0.25, 0.3) is 0 Å². The zero-order valence-corrected chi connectivity index (χ0v) is 19.4. The quantitative estimate of drug-likeness (QED) is 0.536. The number of rotatable bonds is 7. The minimum absolute atomic E-state index is 0.0387. The SMILES string of the molecule is C[C@@H](Oc1ccc(C(C)(C)C)cc1)C(=O)Nc1ccc(S(=O)(=O)Nc2nccs2)cc1. The number of ether oxygens (including phenoxy) is 1. The largest absolute Gasteiger partial charge is 0.481 e. The number of aromatic nitrogens is 1. The molecule has 0 aliphatic rings. The highest BCUT2D eigenvalue weighted by Crippen LogP contribution is 2.25. The molecule has 0 saturated carbocycles. The van der Waals surface area contributed by atoms with Crippen molar-refractivity contribution in [3.8, 4) is 5.75 Å². The number of hydrogen-bond acceptors (Lipinski definition) is 6. The van der Waals surface area contributed by atoms with Crippen molar-refractivity contribution in [2.75, 3.05) is 10.0 Å². The molecule has 7 nitrogen and oxygen atoms in total. The molecule has 0 aliphatic heterocycles. The predicted molar refractivity (Wildman–Crippen MR) is 123 cm³/mol. The molecule has 9 heteroatoms. The molecule has 1 amide bonds. The second kappa shape index (κ2) is 9.07. The second-order valence-electron chi connectivity index (χ2n) is 7.99. The highest BCUT2D eigenvalue weighted by atomic mass is 32.2. The number of nitrogens with one attached hydrogen (secondary N) is 2. The lowest BCUT2D eigenvalue weighted by Crippen LogP contribution is -2.30. The van der Waals surface area contributed by atoms with Crippen LogP contribution in [0.2, 0.25) is 0 Å². The van der Waals surface area contributed by atoms with Crippen molar-refractivity contribution in [3.63, 3.8) is 0 Å². The molecule has 3 aromatic rings. The van der Waals surface area contributed by atoms with E-state index < -0.39 is 16.1 Å². The van der Waals surface area contributed by atoms with Crippen LogP contribution in [0.5, 0.6) is 5.75 Å². The van der Waals surface area contributed by atoms with Gasteiger partial charge < -0.3 is 10.1 Å². The monoisotopic (exact) mass is 459 g/mol. The topological polar surface area (TPSA) is 97.4 Å². The van der Waals surface area contributed by atoms with Crippen molar-refractivity contribution in [1.82, 2.24) is 4.98 Å².